The molecule has 2 heteroatoms. The number of anilines is 3. The van der Waals surface area contributed by atoms with Crippen molar-refractivity contribution >= 4 is 45.1 Å². The van der Waals surface area contributed by atoms with Crippen LogP contribution < -0.4 is 9.80 Å². The first-order valence-corrected chi connectivity index (χ1v) is 22.6. The van der Waals surface area contributed by atoms with E-state index in [1.54, 1.807) is 0 Å². The summed E-state index contributed by atoms with van der Waals surface area (Å²) in [5.74, 6) is 0. The van der Waals surface area contributed by atoms with Gasteiger partial charge in [-0.15, -0.1) is 0 Å². The first-order chi connectivity index (χ1) is 30.4. The number of allylic oxidation sites excluding steroid dienone is 15. The van der Waals surface area contributed by atoms with Gasteiger partial charge in [-0.25, -0.2) is 0 Å². The molecule has 0 amide bonds. The van der Waals surface area contributed by atoms with Crippen molar-refractivity contribution in [3.63, 3.8) is 0 Å². The van der Waals surface area contributed by atoms with Crippen LogP contribution in [0.5, 0.6) is 0 Å². The minimum absolute atomic E-state index is 0.400. The molecule has 62 heavy (non-hydrogen) atoms. The van der Waals surface area contributed by atoms with E-state index in [-0.39, 0.29) is 0 Å². The zero-order chi connectivity index (χ0) is 42.8. The Hall–Kier alpha value is -6.64. The lowest BCUT2D eigenvalue weighted by molar-refractivity contribution is 0.695. The van der Waals surface area contributed by atoms with Gasteiger partial charge < -0.3 is 9.80 Å². The maximum Gasteiger partial charge on any atom is 0.0649 e. The van der Waals surface area contributed by atoms with Crippen molar-refractivity contribution in [2.45, 2.75) is 77.6 Å². The van der Waals surface area contributed by atoms with Crippen molar-refractivity contribution in [2.75, 3.05) is 9.80 Å². The molecule has 9 rings (SSSR count). The van der Waals surface area contributed by atoms with E-state index in [4.69, 9.17) is 13.2 Å². The monoisotopic (exact) mass is 806 g/mol. The largest absolute Gasteiger partial charge is 0.315 e. The molecule has 0 heterocycles. The van der Waals surface area contributed by atoms with Gasteiger partial charge in [-0.05, 0) is 158 Å². The summed E-state index contributed by atoms with van der Waals surface area (Å²) in [6.07, 6.45) is 30.4. The maximum absolute atomic E-state index is 4.79. The highest BCUT2D eigenvalue weighted by Crippen LogP contribution is 2.63. The predicted molar refractivity (Wildman–Crippen MR) is 269 cm³/mol. The molecule has 0 N–H and O–H groups in total. The zero-order valence-corrected chi connectivity index (χ0v) is 36.8. The van der Waals surface area contributed by atoms with Crippen LogP contribution >= 0.6 is 0 Å². The Morgan fingerprint density at radius 3 is 2.24 bits per heavy atom. The standard InChI is InChI=1S/C60H58N2/c1-7-9-11-23-42(3)61(58-35-21-27-46-25-13-15-29-50(46)58)44(5)37-39-49-45(6)60(55-33-19-17-31-52(55)53-32-18-20-34-56(53)60)57-41-48(38-40-54(49)57)62(43(4)24-12-10-8-2)59-36-22-28-47-26-14-16-30-51(47)59/h7-10,13,15-19,21-22,25,27-33,35-41H,3-5,11-12,14,20,23-24,26,34H2,1-2,6H3/b9-7-,10-8-,39-37-. The molecule has 0 aliphatic heterocycles. The molecule has 308 valence electrons. The van der Waals surface area contributed by atoms with Crippen molar-refractivity contribution in [3.05, 3.63) is 239 Å². The average Bonchev–Trinajstić information content (AvgIpc) is 3.74. The van der Waals surface area contributed by atoms with Gasteiger partial charge >= 0.3 is 0 Å². The van der Waals surface area contributed by atoms with E-state index in [0.29, 0.717) is 0 Å². The Balaban J connectivity index is 1.22. The fraction of sp³-hybridized carbons (Fsp3) is 0.200. The van der Waals surface area contributed by atoms with E-state index in [0.717, 1.165) is 79.8 Å². The number of rotatable bonds is 14. The topological polar surface area (TPSA) is 6.48 Å². The third-order valence-electron chi connectivity index (χ3n) is 13.5. The number of fused-ring (bicyclic) bond motifs is 8. The van der Waals surface area contributed by atoms with E-state index < -0.39 is 5.41 Å². The molecule has 5 aromatic rings. The van der Waals surface area contributed by atoms with E-state index in [2.05, 4.69) is 201 Å². The highest BCUT2D eigenvalue weighted by molar-refractivity contribution is 6.00. The molecular weight excluding hydrogens is 749 g/mol. The van der Waals surface area contributed by atoms with Crippen LogP contribution in [0.15, 0.2) is 206 Å². The highest BCUT2D eigenvalue weighted by atomic mass is 15.2. The summed E-state index contributed by atoms with van der Waals surface area (Å²) in [5, 5.41) is 2.38. The number of hydrogen-bond acceptors (Lipinski definition) is 2. The van der Waals surface area contributed by atoms with Crippen molar-refractivity contribution in [1.29, 1.82) is 0 Å². The van der Waals surface area contributed by atoms with E-state index in [9.17, 15) is 0 Å². The van der Waals surface area contributed by atoms with Gasteiger partial charge in [-0.1, -0.05) is 153 Å². The molecule has 0 bridgehead atoms. The number of nitrogens with zero attached hydrogens (tertiary/aromatic N) is 2. The summed E-state index contributed by atoms with van der Waals surface area (Å²) in [7, 11) is 0. The van der Waals surface area contributed by atoms with Crippen LogP contribution in [-0.4, -0.2) is 0 Å². The predicted octanol–water partition coefficient (Wildman–Crippen LogP) is 16.4. The number of benzene rings is 5. The molecule has 0 saturated heterocycles. The molecule has 2 nitrogen and oxygen atoms in total. The lowest BCUT2D eigenvalue weighted by Gasteiger charge is -2.36. The van der Waals surface area contributed by atoms with Gasteiger partial charge in [0.2, 0.25) is 0 Å². The van der Waals surface area contributed by atoms with Crippen molar-refractivity contribution < 1.29 is 0 Å². The summed E-state index contributed by atoms with van der Waals surface area (Å²) in [5.41, 5.74) is 19.6. The zero-order valence-electron chi connectivity index (χ0n) is 36.8. The molecule has 4 aliphatic rings. The second kappa shape index (κ2) is 17.4. The van der Waals surface area contributed by atoms with Gasteiger partial charge in [-0.2, -0.15) is 0 Å². The van der Waals surface area contributed by atoms with E-state index in [1.807, 2.05) is 0 Å². The molecular formula is C60H58N2. The normalized spacial score (nSPS) is 17.4. The first-order valence-electron chi connectivity index (χ1n) is 22.6. The van der Waals surface area contributed by atoms with Gasteiger partial charge in [-0.3, -0.25) is 0 Å². The van der Waals surface area contributed by atoms with Gasteiger partial charge in [0, 0.05) is 33.7 Å². The van der Waals surface area contributed by atoms with Crippen LogP contribution in [-0.2, 0) is 11.8 Å². The van der Waals surface area contributed by atoms with Crippen LogP contribution in [0.1, 0.15) is 99.1 Å². The SMILES string of the molecule is C=C(/C=C\C1=C(C)C2(C3=C(C=CCC3)c3ccccc32)c2cc(N(C(=C)CC/C=C\C)c3cccc4c3C=CCC4)ccc21)N(C(=C)CC/C=C\C)c1cccc2ccccc12. The molecule has 1 spiro atoms. The fourth-order valence-electron chi connectivity index (χ4n) is 10.7. The average molecular weight is 807 g/mol. The van der Waals surface area contributed by atoms with Gasteiger partial charge in [0.25, 0.3) is 0 Å². The molecule has 5 aromatic carbocycles. The summed E-state index contributed by atoms with van der Waals surface area (Å²) in [4.78, 5) is 4.73. The molecule has 1 atom stereocenters. The summed E-state index contributed by atoms with van der Waals surface area (Å²) >= 11 is 0. The third kappa shape index (κ3) is 6.92. The Kier molecular flexibility index (Phi) is 11.4. The van der Waals surface area contributed by atoms with Gasteiger partial charge in [0.15, 0.2) is 0 Å². The number of hydrogen-bond donors (Lipinski definition) is 0. The second-order valence-corrected chi connectivity index (χ2v) is 17.0. The van der Waals surface area contributed by atoms with Crippen molar-refractivity contribution in [3.8, 4) is 0 Å². The summed E-state index contributed by atoms with van der Waals surface area (Å²) < 4.78 is 0. The van der Waals surface area contributed by atoms with Crippen molar-refractivity contribution in [2.24, 2.45) is 0 Å². The summed E-state index contributed by atoms with van der Waals surface area (Å²) in [6.45, 7) is 20.8. The Bertz CT molecular complexity index is 2840. The van der Waals surface area contributed by atoms with Crippen LogP contribution in [0.25, 0.3) is 28.0 Å². The molecule has 4 aliphatic carbocycles. The van der Waals surface area contributed by atoms with Crippen molar-refractivity contribution in [1.82, 2.24) is 0 Å². The summed E-state index contributed by atoms with van der Waals surface area (Å²) in [6, 6.07) is 38.3. The smallest absolute Gasteiger partial charge is 0.0649 e. The van der Waals surface area contributed by atoms with Crippen LogP contribution in [0.3, 0.4) is 0 Å². The quantitative estimate of drug-likeness (QED) is 0.0815. The minimum Gasteiger partial charge on any atom is -0.315 e. The molecule has 0 saturated carbocycles. The second-order valence-electron chi connectivity index (χ2n) is 17.0. The molecule has 0 fully saturated rings. The van der Waals surface area contributed by atoms with E-state index in [1.165, 1.54) is 72.1 Å². The maximum atomic E-state index is 4.79. The Labute approximate surface area is 370 Å². The Morgan fingerprint density at radius 1 is 0.694 bits per heavy atom. The number of aryl methyl sites for hydroxylation is 1. The lowest BCUT2D eigenvalue weighted by Crippen LogP contribution is -2.28. The van der Waals surface area contributed by atoms with Crippen LogP contribution in [0.2, 0.25) is 0 Å². The molecule has 0 radical (unpaired) electrons. The van der Waals surface area contributed by atoms with Crippen LogP contribution in [0, 0.1) is 0 Å². The highest BCUT2D eigenvalue weighted by Gasteiger charge is 2.52. The molecule has 1 unspecified atom stereocenters. The van der Waals surface area contributed by atoms with E-state index >= 15 is 0 Å². The van der Waals surface area contributed by atoms with Gasteiger partial charge in [0.1, 0.15) is 0 Å². The van der Waals surface area contributed by atoms with Gasteiger partial charge in [0.05, 0.1) is 16.8 Å². The lowest BCUT2D eigenvalue weighted by atomic mass is 9.67. The van der Waals surface area contributed by atoms with Crippen LogP contribution in [0.4, 0.5) is 17.1 Å². The third-order valence-corrected chi connectivity index (χ3v) is 13.5. The molecule has 0 aromatic heterocycles. The first kappa shape index (κ1) is 40.7. The Morgan fingerprint density at radius 2 is 1.40 bits per heavy atom. The fourth-order valence-corrected chi connectivity index (χ4v) is 10.7. The minimum atomic E-state index is -0.400.